The first-order valence-electron chi connectivity index (χ1n) is 6.47. The van der Waals surface area contributed by atoms with Crippen LogP contribution >= 0.6 is 0 Å². The van der Waals surface area contributed by atoms with Crippen molar-refractivity contribution >= 4 is 0 Å². The summed E-state index contributed by atoms with van der Waals surface area (Å²) in [5, 5.41) is 10.1. The molecule has 1 aliphatic carbocycles. The van der Waals surface area contributed by atoms with Gasteiger partial charge in [0.15, 0.2) is 0 Å². The smallest absolute Gasteiger partial charge is 0.0695 e. The molecule has 1 aliphatic heterocycles. The summed E-state index contributed by atoms with van der Waals surface area (Å²) >= 11 is 0. The minimum absolute atomic E-state index is 0.154. The van der Waals surface area contributed by atoms with Crippen molar-refractivity contribution in [2.24, 2.45) is 5.41 Å². The van der Waals surface area contributed by atoms with E-state index in [0.717, 1.165) is 38.9 Å². The zero-order valence-electron chi connectivity index (χ0n) is 10.8. The molecule has 0 aromatic heterocycles. The fraction of sp³-hybridized carbons (Fsp3) is 1.00. The van der Waals surface area contributed by atoms with E-state index in [2.05, 4.69) is 25.8 Å². The molecule has 0 amide bonds. The zero-order chi connectivity index (χ0) is 11.8. The molecule has 0 aromatic carbocycles. The third kappa shape index (κ3) is 2.58. The molecule has 3 atom stereocenters. The quantitative estimate of drug-likeness (QED) is 0.778. The Hall–Kier alpha value is -0.120. The van der Waals surface area contributed by atoms with Gasteiger partial charge in [-0.15, -0.1) is 0 Å². The molecule has 2 aliphatic rings. The average molecular weight is 227 g/mol. The second kappa shape index (κ2) is 4.63. The van der Waals surface area contributed by atoms with Crippen LogP contribution in [0.15, 0.2) is 0 Å². The van der Waals surface area contributed by atoms with Crippen LogP contribution in [-0.4, -0.2) is 48.5 Å². The summed E-state index contributed by atoms with van der Waals surface area (Å²) in [5.74, 6) is 0. The van der Waals surface area contributed by atoms with Crippen molar-refractivity contribution in [3.05, 3.63) is 0 Å². The van der Waals surface area contributed by atoms with E-state index in [9.17, 15) is 5.11 Å². The minimum Gasteiger partial charge on any atom is -0.391 e. The second-order valence-corrected chi connectivity index (χ2v) is 6.22. The van der Waals surface area contributed by atoms with Crippen LogP contribution in [0.25, 0.3) is 0 Å². The van der Waals surface area contributed by atoms with Crippen molar-refractivity contribution in [3.63, 3.8) is 0 Å². The highest BCUT2D eigenvalue weighted by atomic mass is 16.5. The Morgan fingerprint density at radius 1 is 1.31 bits per heavy atom. The summed E-state index contributed by atoms with van der Waals surface area (Å²) in [7, 11) is 2.15. The topological polar surface area (TPSA) is 32.7 Å². The average Bonchev–Trinajstić information content (AvgIpc) is 2.74. The molecule has 16 heavy (non-hydrogen) atoms. The van der Waals surface area contributed by atoms with Gasteiger partial charge < -0.3 is 9.84 Å². The molecule has 94 valence electrons. The van der Waals surface area contributed by atoms with Gasteiger partial charge >= 0.3 is 0 Å². The molecule has 3 heteroatoms. The standard InChI is InChI=1S/C13H25NO2/c1-13(2)6-4-12(15)11(8-13)14(3)10-5-7-16-9-10/h10-12,15H,4-9H2,1-3H3. The number of hydrogen-bond acceptors (Lipinski definition) is 3. The van der Waals surface area contributed by atoms with E-state index >= 15 is 0 Å². The Morgan fingerprint density at radius 3 is 2.69 bits per heavy atom. The summed E-state index contributed by atoms with van der Waals surface area (Å²) in [6, 6.07) is 0.823. The van der Waals surface area contributed by atoms with E-state index in [1.807, 2.05) is 0 Å². The lowest BCUT2D eigenvalue weighted by molar-refractivity contribution is -0.0237. The van der Waals surface area contributed by atoms with Crippen LogP contribution in [0.1, 0.15) is 39.5 Å². The highest BCUT2D eigenvalue weighted by molar-refractivity contribution is 4.92. The first-order chi connectivity index (χ1) is 7.49. The van der Waals surface area contributed by atoms with Crippen molar-refractivity contribution in [1.29, 1.82) is 0 Å². The van der Waals surface area contributed by atoms with Crippen LogP contribution < -0.4 is 0 Å². The maximum atomic E-state index is 10.1. The summed E-state index contributed by atoms with van der Waals surface area (Å²) in [5.41, 5.74) is 0.373. The van der Waals surface area contributed by atoms with Crippen LogP contribution in [0.3, 0.4) is 0 Å². The van der Waals surface area contributed by atoms with Crippen LogP contribution in [0, 0.1) is 5.41 Å². The van der Waals surface area contributed by atoms with Gasteiger partial charge in [0.2, 0.25) is 0 Å². The van der Waals surface area contributed by atoms with Gasteiger partial charge in [-0.05, 0) is 38.1 Å². The third-order valence-corrected chi connectivity index (χ3v) is 4.33. The lowest BCUT2D eigenvalue weighted by Gasteiger charge is -2.44. The molecule has 3 nitrogen and oxygen atoms in total. The van der Waals surface area contributed by atoms with Crippen molar-refractivity contribution in [2.75, 3.05) is 20.3 Å². The van der Waals surface area contributed by atoms with Crippen molar-refractivity contribution in [2.45, 2.75) is 57.7 Å². The molecule has 2 fully saturated rings. The highest BCUT2D eigenvalue weighted by Crippen LogP contribution is 2.38. The van der Waals surface area contributed by atoms with E-state index in [-0.39, 0.29) is 6.10 Å². The third-order valence-electron chi connectivity index (χ3n) is 4.33. The van der Waals surface area contributed by atoms with Crippen molar-refractivity contribution in [1.82, 2.24) is 4.90 Å². The Kier molecular flexibility index (Phi) is 3.57. The molecule has 0 bridgehead atoms. The lowest BCUT2D eigenvalue weighted by atomic mass is 9.73. The van der Waals surface area contributed by atoms with E-state index in [0.29, 0.717) is 17.5 Å². The lowest BCUT2D eigenvalue weighted by Crippen LogP contribution is -2.51. The summed E-state index contributed by atoms with van der Waals surface area (Å²) in [6.07, 6.45) is 4.13. The van der Waals surface area contributed by atoms with E-state index in [1.165, 1.54) is 0 Å². The van der Waals surface area contributed by atoms with Gasteiger partial charge in [-0.3, -0.25) is 4.90 Å². The maximum Gasteiger partial charge on any atom is 0.0695 e. The fourth-order valence-corrected chi connectivity index (χ4v) is 3.06. The number of nitrogens with zero attached hydrogens (tertiary/aromatic N) is 1. The number of rotatable bonds is 2. The predicted molar refractivity (Wildman–Crippen MR) is 64.4 cm³/mol. The fourth-order valence-electron chi connectivity index (χ4n) is 3.06. The molecular formula is C13H25NO2. The summed E-state index contributed by atoms with van der Waals surface area (Å²) in [6.45, 7) is 6.33. The molecule has 1 saturated carbocycles. The minimum atomic E-state index is -0.154. The molecule has 0 spiro atoms. The van der Waals surface area contributed by atoms with Gasteiger partial charge in [0.25, 0.3) is 0 Å². The number of aliphatic hydroxyl groups excluding tert-OH is 1. The molecule has 1 N–H and O–H groups in total. The Bertz CT molecular complexity index is 236. The largest absolute Gasteiger partial charge is 0.391 e. The molecule has 1 heterocycles. The molecular weight excluding hydrogens is 202 g/mol. The molecule has 3 unspecified atom stereocenters. The number of hydrogen-bond donors (Lipinski definition) is 1. The number of aliphatic hydroxyl groups is 1. The first-order valence-corrected chi connectivity index (χ1v) is 6.47. The van der Waals surface area contributed by atoms with E-state index in [4.69, 9.17) is 4.74 Å². The first kappa shape index (κ1) is 12.3. The van der Waals surface area contributed by atoms with Crippen molar-refractivity contribution < 1.29 is 9.84 Å². The number of likely N-dealkylation sites (N-methyl/N-ethyl adjacent to an activating group) is 1. The van der Waals surface area contributed by atoms with Gasteiger partial charge in [-0.2, -0.15) is 0 Å². The van der Waals surface area contributed by atoms with E-state index in [1.54, 1.807) is 0 Å². The Labute approximate surface area is 98.8 Å². The highest BCUT2D eigenvalue weighted by Gasteiger charge is 2.38. The molecule has 1 saturated heterocycles. The van der Waals surface area contributed by atoms with Crippen LogP contribution in [0.2, 0.25) is 0 Å². The number of ether oxygens (including phenoxy) is 1. The summed E-state index contributed by atoms with van der Waals surface area (Å²) in [4.78, 5) is 2.36. The maximum absolute atomic E-state index is 10.1. The van der Waals surface area contributed by atoms with Gasteiger partial charge in [-0.1, -0.05) is 13.8 Å². The van der Waals surface area contributed by atoms with Crippen LogP contribution in [0.5, 0.6) is 0 Å². The predicted octanol–water partition coefficient (Wildman–Crippen LogP) is 1.65. The van der Waals surface area contributed by atoms with Crippen molar-refractivity contribution in [3.8, 4) is 0 Å². The monoisotopic (exact) mass is 227 g/mol. The Morgan fingerprint density at radius 2 is 2.06 bits per heavy atom. The molecule has 0 aromatic rings. The SMILES string of the molecule is CN(C1CCOC1)C1CC(C)(C)CCC1O. The van der Waals surface area contributed by atoms with Gasteiger partial charge in [-0.25, -0.2) is 0 Å². The van der Waals surface area contributed by atoms with Gasteiger partial charge in [0, 0.05) is 18.7 Å². The second-order valence-electron chi connectivity index (χ2n) is 6.22. The van der Waals surface area contributed by atoms with Gasteiger partial charge in [0.05, 0.1) is 12.7 Å². The van der Waals surface area contributed by atoms with Crippen LogP contribution in [0.4, 0.5) is 0 Å². The normalized spacial score (nSPS) is 39.2. The van der Waals surface area contributed by atoms with Crippen LogP contribution in [-0.2, 0) is 4.74 Å². The van der Waals surface area contributed by atoms with E-state index < -0.39 is 0 Å². The van der Waals surface area contributed by atoms with Gasteiger partial charge in [0.1, 0.15) is 0 Å². The summed E-state index contributed by atoms with van der Waals surface area (Å²) < 4.78 is 5.43. The zero-order valence-corrected chi connectivity index (χ0v) is 10.8. The molecule has 2 rings (SSSR count). The Balaban J connectivity index is 2.00. The molecule has 0 radical (unpaired) electrons.